The largest absolute Gasteiger partial charge is 0.338 e. The molecule has 2 N–H and O–H groups in total. The van der Waals surface area contributed by atoms with Crippen LogP contribution in [0.15, 0.2) is 24.3 Å². The molecule has 1 aromatic carbocycles. The van der Waals surface area contributed by atoms with E-state index in [1.165, 1.54) is 5.56 Å². The van der Waals surface area contributed by atoms with Gasteiger partial charge in [-0.3, -0.25) is 4.79 Å². The number of carbonyl (C=O) groups is 1. The summed E-state index contributed by atoms with van der Waals surface area (Å²) in [5, 5.41) is 0. The molecule has 94 valence electrons. The molecule has 0 saturated carbocycles. The van der Waals surface area contributed by atoms with Gasteiger partial charge in [0.15, 0.2) is 0 Å². The number of nitrogens with two attached hydrogens (primary N) is 1. The van der Waals surface area contributed by atoms with Crippen LogP contribution < -0.4 is 5.73 Å². The summed E-state index contributed by atoms with van der Waals surface area (Å²) in [6.45, 7) is 4.58. The van der Waals surface area contributed by atoms with E-state index in [-0.39, 0.29) is 11.9 Å². The van der Waals surface area contributed by atoms with Gasteiger partial charge in [-0.25, -0.2) is 0 Å². The van der Waals surface area contributed by atoms with Gasteiger partial charge in [0, 0.05) is 25.2 Å². The zero-order chi connectivity index (χ0) is 12.8. The van der Waals surface area contributed by atoms with Crippen molar-refractivity contribution in [2.75, 3.05) is 13.6 Å². The number of amides is 1. The molecule has 1 rings (SSSR count). The Bertz CT molecular complexity index is 359. The molecule has 3 heteroatoms. The van der Waals surface area contributed by atoms with Crippen LogP contribution in [-0.4, -0.2) is 30.4 Å². The van der Waals surface area contributed by atoms with Gasteiger partial charge in [-0.2, -0.15) is 0 Å². The van der Waals surface area contributed by atoms with Crippen molar-refractivity contribution < 1.29 is 4.79 Å². The Kier molecular flexibility index (Phi) is 5.16. The Morgan fingerprint density at radius 1 is 1.35 bits per heavy atom. The molecule has 0 bridgehead atoms. The Hall–Kier alpha value is -1.35. The number of nitrogens with zero attached hydrogens (tertiary/aromatic N) is 1. The van der Waals surface area contributed by atoms with E-state index in [4.69, 9.17) is 5.73 Å². The molecule has 0 aliphatic carbocycles. The van der Waals surface area contributed by atoms with E-state index in [1.54, 1.807) is 11.9 Å². The molecular weight excluding hydrogens is 212 g/mol. The fourth-order valence-electron chi connectivity index (χ4n) is 1.66. The van der Waals surface area contributed by atoms with Crippen LogP contribution in [0.4, 0.5) is 0 Å². The van der Waals surface area contributed by atoms with Gasteiger partial charge >= 0.3 is 0 Å². The number of aryl methyl sites for hydroxylation is 1. The van der Waals surface area contributed by atoms with Gasteiger partial charge in [0.2, 0.25) is 0 Å². The van der Waals surface area contributed by atoms with E-state index >= 15 is 0 Å². The number of rotatable bonds is 5. The van der Waals surface area contributed by atoms with Crippen molar-refractivity contribution in [1.29, 1.82) is 0 Å². The third-order valence-electron chi connectivity index (χ3n) is 3.06. The topological polar surface area (TPSA) is 46.3 Å². The molecule has 0 radical (unpaired) electrons. The Morgan fingerprint density at radius 3 is 2.41 bits per heavy atom. The number of benzene rings is 1. The van der Waals surface area contributed by atoms with Crippen molar-refractivity contribution in [1.82, 2.24) is 4.90 Å². The van der Waals surface area contributed by atoms with Crippen molar-refractivity contribution in [3.05, 3.63) is 35.4 Å². The molecule has 17 heavy (non-hydrogen) atoms. The Labute approximate surface area is 104 Å². The maximum Gasteiger partial charge on any atom is 0.253 e. The summed E-state index contributed by atoms with van der Waals surface area (Å²) in [4.78, 5) is 13.8. The van der Waals surface area contributed by atoms with Gasteiger partial charge in [0.05, 0.1) is 0 Å². The van der Waals surface area contributed by atoms with Crippen LogP contribution in [0.25, 0.3) is 0 Å². The first-order valence-electron chi connectivity index (χ1n) is 6.16. The fourth-order valence-corrected chi connectivity index (χ4v) is 1.66. The number of likely N-dealkylation sites (N-methyl/N-ethyl adjacent to an activating group) is 1. The van der Waals surface area contributed by atoms with Crippen LogP contribution in [0.3, 0.4) is 0 Å². The molecule has 1 atom stereocenters. The molecule has 0 aliphatic heterocycles. The van der Waals surface area contributed by atoms with Crippen LogP contribution in [0, 0.1) is 0 Å². The summed E-state index contributed by atoms with van der Waals surface area (Å²) in [5.41, 5.74) is 7.56. The highest BCUT2D eigenvalue weighted by molar-refractivity contribution is 5.94. The van der Waals surface area contributed by atoms with Gasteiger partial charge in [-0.1, -0.05) is 25.5 Å². The van der Waals surface area contributed by atoms with E-state index < -0.39 is 0 Å². The average Bonchev–Trinajstić information content (AvgIpc) is 2.37. The summed E-state index contributed by atoms with van der Waals surface area (Å²) < 4.78 is 0. The van der Waals surface area contributed by atoms with Crippen molar-refractivity contribution in [3.8, 4) is 0 Å². The van der Waals surface area contributed by atoms with Crippen LogP contribution in [0.1, 0.15) is 36.2 Å². The highest BCUT2D eigenvalue weighted by Crippen LogP contribution is 2.10. The predicted octanol–water partition coefficient (Wildman–Crippen LogP) is 2.06. The van der Waals surface area contributed by atoms with Gasteiger partial charge in [0.1, 0.15) is 0 Å². The molecule has 1 unspecified atom stereocenters. The smallest absolute Gasteiger partial charge is 0.253 e. The van der Waals surface area contributed by atoms with Crippen molar-refractivity contribution in [2.24, 2.45) is 5.73 Å². The summed E-state index contributed by atoms with van der Waals surface area (Å²) in [6.07, 6.45) is 2.18. The summed E-state index contributed by atoms with van der Waals surface area (Å²) in [5.74, 6) is 0.0333. The second kappa shape index (κ2) is 6.40. The normalized spacial score (nSPS) is 12.2. The summed E-state index contributed by atoms with van der Waals surface area (Å²) in [7, 11) is 1.79. The summed E-state index contributed by atoms with van der Waals surface area (Å²) in [6, 6.07) is 7.91. The molecule has 0 fully saturated rings. The first-order valence-corrected chi connectivity index (χ1v) is 6.16. The second-order valence-electron chi connectivity index (χ2n) is 4.45. The number of hydrogen-bond acceptors (Lipinski definition) is 2. The number of hydrogen-bond donors (Lipinski definition) is 1. The lowest BCUT2D eigenvalue weighted by Gasteiger charge is -2.23. The zero-order valence-corrected chi connectivity index (χ0v) is 10.9. The van der Waals surface area contributed by atoms with Crippen molar-refractivity contribution >= 4 is 5.91 Å². The van der Waals surface area contributed by atoms with Gasteiger partial charge in [0.25, 0.3) is 5.91 Å². The maximum atomic E-state index is 12.1. The molecule has 0 aromatic heterocycles. The lowest BCUT2D eigenvalue weighted by molar-refractivity contribution is 0.0748. The Morgan fingerprint density at radius 2 is 1.94 bits per heavy atom. The predicted molar refractivity (Wildman–Crippen MR) is 71.0 cm³/mol. The van der Waals surface area contributed by atoms with E-state index in [0.717, 1.165) is 18.4 Å². The van der Waals surface area contributed by atoms with Crippen LogP contribution in [-0.2, 0) is 6.42 Å². The first-order chi connectivity index (χ1) is 8.10. The molecule has 3 nitrogen and oxygen atoms in total. The molecule has 0 spiro atoms. The summed E-state index contributed by atoms with van der Waals surface area (Å²) >= 11 is 0. The molecule has 0 aliphatic rings. The highest BCUT2D eigenvalue weighted by Gasteiger charge is 2.15. The molecule has 0 heterocycles. The van der Waals surface area contributed by atoms with Crippen LogP contribution in [0.2, 0.25) is 0 Å². The first kappa shape index (κ1) is 13.7. The fraction of sp³-hybridized carbons (Fsp3) is 0.500. The molecule has 1 amide bonds. The average molecular weight is 234 g/mol. The van der Waals surface area contributed by atoms with Gasteiger partial charge in [-0.05, 0) is 31.0 Å². The third kappa shape index (κ3) is 3.56. The number of carbonyl (C=O) groups excluding carboxylic acids is 1. The molecular formula is C14H22N2O. The lowest BCUT2D eigenvalue weighted by Crippen LogP contribution is -2.39. The second-order valence-corrected chi connectivity index (χ2v) is 4.45. The van der Waals surface area contributed by atoms with Crippen LogP contribution in [0.5, 0.6) is 0 Å². The highest BCUT2D eigenvalue weighted by atomic mass is 16.2. The maximum absolute atomic E-state index is 12.1. The van der Waals surface area contributed by atoms with E-state index in [1.807, 2.05) is 31.2 Å². The van der Waals surface area contributed by atoms with E-state index in [0.29, 0.717) is 6.54 Å². The third-order valence-corrected chi connectivity index (χ3v) is 3.06. The van der Waals surface area contributed by atoms with Crippen molar-refractivity contribution in [2.45, 2.75) is 32.7 Å². The zero-order valence-electron chi connectivity index (χ0n) is 10.9. The van der Waals surface area contributed by atoms with E-state index in [9.17, 15) is 4.79 Å². The molecule has 1 aromatic rings. The lowest BCUT2D eigenvalue weighted by atomic mass is 10.1. The monoisotopic (exact) mass is 234 g/mol. The Balaban J connectivity index is 2.75. The minimum absolute atomic E-state index is 0.0333. The van der Waals surface area contributed by atoms with Gasteiger partial charge in [-0.15, -0.1) is 0 Å². The SMILES string of the molecule is CCCc1ccc(C(=O)N(C)C(C)CN)cc1. The standard InChI is InChI=1S/C14H22N2O/c1-4-5-12-6-8-13(9-7-12)14(17)16(3)11(2)10-15/h6-9,11H,4-5,10,15H2,1-3H3. The molecule has 0 saturated heterocycles. The van der Waals surface area contributed by atoms with Crippen LogP contribution >= 0.6 is 0 Å². The van der Waals surface area contributed by atoms with Crippen molar-refractivity contribution in [3.63, 3.8) is 0 Å². The minimum Gasteiger partial charge on any atom is -0.338 e. The van der Waals surface area contributed by atoms with Gasteiger partial charge < -0.3 is 10.6 Å². The quantitative estimate of drug-likeness (QED) is 0.847. The van der Waals surface area contributed by atoms with E-state index in [2.05, 4.69) is 6.92 Å². The minimum atomic E-state index is 0.0333.